The first kappa shape index (κ1) is 29.1. The Kier molecular flexibility index (Phi) is 8.80. The Balaban J connectivity index is 1.40. The number of piperazine rings is 2. The van der Waals surface area contributed by atoms with Crippen LogP contribution in [0.15, 0.2) is 24.3 Å². The third-order valence-corrected chi connectivity index (χ3v) is 7.19. The molecule has 0 spiro atoms. The van der Waals surface area contributed by atoms with Crippen molar-refractivity contribution in [3.8, 4) is 11.5 Å². The molecule has 1 aromatic heterocycles. The molecule has 11 heteroatoms. The van der Waals surface area contributed by atoms with Gasteiger partial charge in [0.05, 0.1) is 19.9 Å². The summed E-state index contributed by atoms with van der Waals surface area (Å²) in [6.07, 6.45) is -0.305. The second-order valence-corrected chi connectivity index (χ2v) is 11.2. The van der Waals surface area contributed by atoms with E-state index < -0.39 is 5.60 Å². The van der Waals surface area contributed by atoms with E-state index in [4.69, 9.17) is 19.2 Å². The van der Waals surface area contributed by atoms with Crippen molar-refractivity contribution in [3.63, 3.8) is 0 Å². The average Bonchev–Trinajstić information content (AvgIpc) is 2.93. The largest absolute Gasteiger partial charge is 0.497 e. The van der Waals surface area contributed by atoms with E-state index in [1.807, 2.05) is 63.8 Å². The van der Waals surface area contributed by atoms with Gasteiger partial charge in [-0.1, -0.05) is 0 Å². The molecule has 3 amide bonds. The minimum atomic E-state index is -0.534. The van der Waals surface area contributed by atoms with Crippen LogP contribution in [-0.4, -0.2) is 99.1 Å². The molecular weight excluding hydrogens is 512 g/mol. The van der Waals surface area contributed by atoms with E-state index >= 15 is 0 Å². The molecule has 0 unspecified atom stereocenters. The summed E-state index contributed by atoms with van der Waals surface area (Å²) in [5, 5.41) is 3.12. The van der Waals surface area contributed by atoms with Crippen LogP contribution in [0.2, 0.25) is 0 Å². The number of amides is 3. The van der Waals surface area contributed by atoms with Crippen molar-refractivity contribution in [2.45, 2.75) is 40.2 Å². The molecule has 0 bridgehead atoms. The zero-order chi connectivity index (χ0) is 29.0. The highest BCUT2D eigenvalue weighted by molar-refractivity contribution is 5.93. The molecular formula is C29H42N6O5. The summed E-state index contributed by atoms with van der Waals surface area (Å²) in [5.41, 5.74) is 3.06. The van der Waals surface area contributed by atoms with Gasteiger partial charge in [0.15, 0.2) is 5.82 Å². The standard InChI is InChI=1S/C29H42N6O5/c1-20-16-25(26(30-21(20)2)33-10-14-35(15-11-33)28(37)40-29(3,4)5)31-27(36)34-12-8-32(9-13-34)22-17-23(38-6)19-24(18-22)39-7/h16-19H,8-15H2,1-7H3,(H,31,36). The minimum Gasteiger partial charge on any atom is -0.497 e. The molecule has 2 aromatic rings. The highest BCUT2D eigenvalue weighted by Crippen LogP contribution is 2.30. The molecule has 40 heavy (non-hydrogen) atoms. The Labute approximate surface area is 237 Å². The summed E-state index contributed by atoms with van der Waals surface area (Å²) in [6.45, 7) is 14.3. The maximum atomic E-state index is 13.4. The number of benzene rings is 1. The van der Waals surface area contributed by atoms with Gasteiger partial charge in [0.2, 0.25) is 0 Å². The van der Waals surface area contributed by atoms with Crippen molar-refractivity contribution in [2.75, 3.05) is 81.7 Å². The van der Waals surface area contributed by atoms with Crippen LogP contribution in [0, 0.1) is 13.8 Å². The van der Waals surface area contributed by atoms with Gasteiger partial charge in [-0.05, 0) is 46.2 Å². The van der Waals surface area contributed by atoms with Crippen LogP contribution >= 0.6 is 0 Å². The van der Waals surface area contributed by atoms with E-state index in [0.717, 1.165) is 34.3 Å². The number of urea groups is 1. The molecule has 0 atom stereocenters. The minimum absolute atomic E-state index is 0.151. The van der Waals surface area contributed by atoms with Crippen molar-refractivity contribution in [2.24, 2.45) is 0 Å². The zero-order valence-corrected chi connectivity index (χ0v) is 24.7. The van der Waals surface area contributed by atoms with Crippen molar-refractivity contribution in [1.82, 2.24) is 14.8 Å². The third-order valence-electron chi connectivity index (χ3n) is 7.19. The van der Waals surface area contributed by atoms with E-state index in [1.54, 1.807) is 19.1 Å². The summed E-state index contributed by atoms with van der Waals surface area (Å²) >= 11 is 0. The predicted molar refractivity (Wildman–Crippen MR) is 156 cm³/mol. The van der Waals surface area contributed by atoms with Crippen molar-refractivity contribution in [1.29, 1.82) is 0 Å². The van der Waals surface area contributed by atoms with Crippen molar-refractivity contribution in [3.05, 3.63) is 35.5 Å². The van der Waals surface area contributed by atoms with Gasteiger partial charge in [0, 0.05) is 81.9 Å². The number of methoxy groups -OCH3 is 2. The second kappa shape index (κ2) is 12.1. The molecule has 4 rings (SSSR count). The normalized spacial score (nSPS) is 16.1. The lowest BCUT2D eigenvalue weighted by Gasteiger charge is -2.38. The van der Waals surface area contributed by atoms with Crippen LogP contribution in [0.3, 0.4) is 0 Å². The number of carbonyl (C=O) groups is 2. The number of anilines is 3. The lowest BCUT2D eigenvalue weighted by molar-refractivity contribution is 0.0240. The quantitative estimate of drug-likeness (QED) is 0.589. The number of carbonyl (C=O) groups excluding carboxylic acids is 2. The van der Waals surface area contributed by atoms with E-state index in [1.165, 1.54) is 0 Å². The Morgan fingerprint density at radius 2 is 1.35 bits per heavy atom. The van der Waals surface area contributed by atoms with E-state index in [-0.39, 0.29) is 12.1 Å². The lowest BCUT2D eigenvalue weighted by Crippen LogP contribution is -2.51. The van der Waals surface area contributed by atoms with Crippen LogP contribution in [0.25, 0.3) is 0 Å². The molecule has 2 aliphatic rings. The smallest absolute Gasteiger partial charge is 0.410 e. The Bertz CT molecular complexity index is 1190. The van der Waals surface area contributed by atoms with Gasteiger partial charge in [-0.25, -0.2) is 14.6 Å². The molecule has 2 aliphatic heterocycles. The molecule has 2 saturated heterocycles. The van der Waals surface area contributed by atoms with Gasteiger partial charge in [0.25, 0.3) is 0 Å². The molecule has 218 valence electrons. The van der Waals surface area contributed by atoms with Crippen LogP contribution < -0.4 is 24.6 Å². The number of pyridine rings is 1. The molecule has 11 nitrogen and oxygen atoms in total. The summed E-state index contributed by atoms with van der Waals surface area (Å²) in [4.78, 5) is 38.6. The fraction of sp³-hybridized carbons (Fsp3) is 0.552. The van der Waals surface area contributed by atoms with Crippen LogP contribution in [0.5, 0.6) is 11.5 Å². The molecule has 1 aromatic carbocycles. The van der Waals surface area contributed by atoms with E-state index in [2.05, 4.69) is 15.1 Å². The van der Waals surface area contributed by atoms with Crippen LogP contribution in [-0.2, 0) is 4.74 Å². The Morgan fingerprint density at radius 3 is 1.90 bits per heavy atom. The molecule has 0 radical (unpaired) electrons. The Hall–Kier alpha value is -3.89. The number of nitrogens with one attached hydrogen (secondary N) is 1. The third kappa shape index (κ3) is 7.00. The number of rotatable bonds is 5. The maximum Gasteiger partial charge on any atom is 0.410 e. The average molecular weight is 555 g/mol. The number of nitrogens with zero attached hydrogens (tertiary/aromatic N) is 5. The van der Waals surface area contributed by atoms with Gasteiger partial charge >= 0.3 is 12.1 Å². The van der Waals surface area contributed by atoms with Crippen LogP contribution in [0.4, 0.5) is 26.8 Å². The topological polar surface area (TPSA) is 99.7 Å². The van der Waals surface area contributed by atoms with Crippen molar-refractivity contribution >= 4 is 29.3 Å². The second-order valence-electron chi connectivity index (χ2n) is 11.2. The fourth-order valence-corrected chi connectivity index (χ4v) is 4.79. The van der Waals surface area contributed by atoms with Gasteiger partial charge in [-0.15, -0.1) is 0 Å². The number of ether oxygens (including phenoxy) is 3. The van der Waals surface area contributed by atoms with E-state index in [0.29, 0.717) is 58.0 Å². The molecule has 3 heterocycles. The van der Waals surface area contributed by atoms with Gasteiger partial charge in [-0.2, -0.15) is 0 Å². The summed E-state index contributed by atoms with van der Waals surface area (Å²) in [7, 11) is 3.27. The Morgan fingerprint density at radius 1 is 0.800 bits per heavy atom. The number of hydrogen-bond donors (Lipinski definition) is 1. The first-order chi connectivity index (χ1) is 19.0. The maximum absolute atomic E-state index is 13.4. The number of aryl methyl sites for hydroxylation is 2. The molecule has 0 saturated carbocycles. The van der Waals surface area contributed by atoms with E-state index in [9.17, 15) is 9.59 Å². The van der Waals surface area contributed by atoms with Crippen LogP contribution in [0.1, 0.15) is 32.0 Å². The highest BCUT2D eigenvalue weighted by atomic mass is 16.6. The molecule has 1 N–H and O–H groups in total. The first-order valence-corrected chi connectivity index (χ1v) is 13.7. The number of hydrogen-bond acceptors (Lipinski definition) is 8. The van der Waals surface area contributed by atoms with Gasteiger partial charge < -0.3 is 39.1 Å². The number of aromatic nitrogens is 1. The molecule has 2 fully saturated rings. The summed E-state index contributed by atoms with van der Waals surface area (Å²) < 4.78 is 16.4. The monoisotopic (exact) mass is 554 g/mol. The summed E-state index contributed by atoms with van der Waals surface area (Å²) in [5.74, 6) is 2.19. The SMILES string of the molecule is COc1cc(OC)cc(N2CCN(C(=O)Nc3cc(C)c(C)nc3N3CCN(C(=O)OC(C)(C)C)CC3)CC2)c1. The fourth-order valence-electron chi connectivity index (χ4n) is 4.79. The lowest BCUT2D eigenvalue weighted by atomic mass is 10.2. The zero-order valence-electron chi connectivity index (χ0n) is 24.7. The summed E-state index contributed by atoms with van der Waals surface area (Å²) in [6, 6.07) is 7.64. The van der Waals surface area contributed by atoms with Gasteiger partial charge in [0.1, 0.15) is 17.1 Å². The highest BCUT2D eigenvalue weighted by Gasteiger charge is 2.29. The first-order valence-electron chi connectivity index (χ1n) is 13.7. The molecule has 0 aliphatic carbocycles. The van der Waals surface area contributed by atoms with Gasteiger partial charge in [-0.3, -0.25) is 0 Å². The predicted octanol–water partition coefficient (Wildman–Crippen LogP) is 4.13. The van der Waals surface area contributed by atoms with Crippen molar-refractivity contribution < 1.29 is 23.8 Å².